The smallest absolute Gasteiger partial charge is 0.127 e. The molecule has 0 aromatic heterocycles. The maximum Gasteiger partial charge on any atom is 0.127 e. The van der Waals surface area contributed by atoms with Crippen molar-refractivity contribution >= 4 is 10.8 Å². The van der Waals surface area contributed by atoms with Gasteiger partial charge >= 0.3 is 0 Å². The van der Waals surface area contributed by atoms with Crippen LogP contribution < -0.4 is 9.47 Å². The van der Waals surface area contributed by atoms with Gasteiger partial charge in [0.15, 0.2) is 0 Å². The molecule has 0 heterocycles. The number of benzene rings is 3. The summed E-state index contributed by atoms with van der Waals surface area (Å²) >= 11 is 0. The van der Waals surface area contributed by atoms with Crippen molar-refractivity contribution < 1.29 is 9.47 Å². The Hall–Kier alpha value is -2.48. The predicted molar refractivity (Wildman–Crippen MR) is 86.1 cm³/mol. The van der Waals surface area contributed by atoms with Gasteiger partial charge in [-0.05, 0) is 36.1 Å². The van der Waals surface area contributed by atoms with E-state index in [2.05, 4.69) is 31.2 Å². The van der Waals surface area contributed by atoms with E-state index in [-0.39, 0.29) is 0 Å². The average molecular weight is 278 g/mol. The van der Waals surface area contributed by atoms with Crippen LogP contribution >= 0.6 is 0 Å². The van der Waals surface area contributed by atoms with Crippen LogP contribution in [0.4, 0.5) is 0 Å². The minimum absolute atomic E-state index is 0.530. The largest absolute Gasteiger partial charge is 0.490 e. The van der Waals surface area contributed by atoms with E-state index in [1.807, 2.05) is 42.5 Å². The second-order valence-corrected chi connectivity index (χ2v) is 4.99. The molecule has 2 nitrogen and oxygen atoms in total. The molecular formula is C19H18O2. The Kier molecular flexibility index (Phi) is 4.06. The number of fused-ring (bicyclic) bond motifs is 1. The summed E-state index contributed by atoms with van der Waals surface area (Å²) in [6.45, 7) is 3.12. The number of ether oxygens (including phenoxy) is 2. The Morgan fingerprint density at radius 3 is 2.43 bits per heavy atom. The van der Waals surface area contributed by atoms with Gasteiger partial charge in [-0.1, -0.05) is 48.5 Å². The molecule has 0 unspecified atom stereocenters. The highest BCUT2D eigenvalue weighted by atomic mass is 16.5. The molecule has 0 bridgehead atoms. The van der Waals surface area contributed by atoms with E-state index in [0.29, 0.717) is 13.2 Å². The molecule has 0 fully saturated rings. The zero-order chi connectivity index (χ0) is 14.5. The summed E-state index contributed by atoms with van der Waals surface area (Å²) in [6, 6.07) is 22.4. The summed E-state index contributed by atoms with van der Waals surface area (Å²) in [5.41, 5.74) is 1.20. The van der Waals surface area contributed by atoms with Crippen LogP contribution in [0.2, 0.25) is 0 Å². The Labute approximate surface area is 124 Å². The molecule has 0 radical (unpaired) electrons. The fraction of sp³-hybridized carbons (Fsp3) is 0.158. The first-order chi connectivity index (χ1) is 10.3. The van der Waals surface area contributed by atoms with Crippen LogP contribution in [-0.4, -0.2) is 13.2 Å². The molecule has 0 saturated heterocycles. The van der Waals surface area contributed by atoms with Crippen LogP contribution in [0.15, 0.2) is 66.7 Å². The van der Waals surface area contributed by atoms with Gasteiger partial charge in [0.1, 0.15) is 24.7 Å². The minimum atomic E-state index is 0.530. The van der Waals surface area contributed by atoms with Crippen molar-refractivity contribution in [3.63, 3.8) is 0 Å². The molecular weight excluding hydrogens is 260 g/mol. The van der Waals surface area contributed by atoms with Gasteiger partial charge in [-0.2, -0.15) is 0 Å². The van der Waals surface area contributed by atoms with E-state index in [1.165, 1.54) is 10.9 Å². The summed E-state index contributed by atoms with van der Waals surface area (Å²) < 4.78 is 11.5. The van der Waals surface area contributed by atoms with Gasteiger partial charge < -0.3 is 9.47 Å². The summed E-state index contributed by atoms with van der Waals surface area (Å²) in [6.07, 6.45) is 0. The van der Waals surface area contributed by atoms with Crippen LogP contribution in [0.5, 0.6) is 11.5 Å². The lowest BCUT2D eigenvalue weighted by molar-refractivity contribution is 0.218. The second kappa shape index (κ2) is 6.31. The summed E-state index contributed by atoms with van der Waals surface area (Å²) in [7, 11) is 0. The molecule has 0 atom stereocenters. The molecule has 21 heavy (non-hydrogen) atoms. The first-order valence-electron chi connectivity index (χ1n) is 7.13. The van der Waals surface area contributed by atoms with Gasteiger partial charge in [-0.15, -0.1) is 0 Å². The van der Waals surface area contributed by atoms with Crippen LogP contribution in [0, 0.1) is 6.92 Å². The van der Waals surface area contributed by atoms with Crippen LogP contribution in [0.3, 0.4) is 0 Å². The Balaban J connectivity index is 1.60. The fourth-order valence-electron chi connectivity index (χ4n) is 2.34. The molecule has 3 aromatic rings. The topological polar surface area (TPSA) is 18.5 Å². The number of rotatable bonds is 5. The molecule has 0 N–H and O–H groups in total. The van der Waals surface area contributed by atoms with Crippen LogP contribution in [0.1, 0.15) is 5.56 Å². The summed E-state index contributed by atoms with van der Waals surface area (Å²) in [5.74, 6) is 1.79. The molecule has 0 amide bonds. The van der Waals surface area contributed by atoms with Crippen molar-refractivity contribution in [2.45, 2.75) is 6.92 Å². The SMILES string of the molecule is Cc1cccc(OCCOc2cccc3ccccc23)c1. The first kappa shape index (κ1) is 13.5. The standard InChI is InChI=1S/C19H18O2/c1-15-6-4-9-17(14-15)20-12-13-21-19-11-5-8-16-7-2-3-10-18(16)19/h2-11,14H,12-13H2,1H3. The van der Waals surface area contributed by atoms with Gasteiger partial charge in [0.25, 0.3) is 0 Å². The fourth-order valence-corrected chi connectivity index (χ4v) is 2.34. The molecule has 0 aliphatic rings. The van der Waals surface area contributed by atoms with E-state index in [1.54, 1.807) is 0 Å². The molecule has 0 spiro atoms. The molecule has 106 valence electrons. The molecule has 2 heteroatoms. The van der Waals surface area contributed by atoms with Gasteiger partial charge in [0.05, 0.1) is 0 Å². The van der Waals surface area contributed by atoms with E-state index in [9.17, 15) is 0 Å². The summed E-state index contributed by atoms with van der Waals surface area (Å²) in [5, 5.41) is 2.32. The van der Waals surface area contributed by atoms with Crippen molar-refractivity contribution in [2.75, 3.05) is 13.2 Å². The van der Waals surface area contributed by atoms with Crippen molar-refractivity contribution in [3.05, 3.63) is 72.3 Å². The zero-order valence-corrected chi connectivity index (χ0v) is 12.1. The Morgan fingerprint density at radius 1 is 0.762 bits per heavy atom. The predicted octanol–water partition coefficient (Wildman–Crippen LogP) is 4.61. The van der Waals surface area contributed by atoms with Gasteiger partial charge in [0, 0.05) is 5.39 Å². The third-order valence-electron chi connectivity index (χ3n) is 3.35. The van der Waals surface area contributed by atoms with E-state index < -0.39 is 0 Å². The molecule has 3 rings (SSSR count). The maximum atomic E-state index is 5.85. The monoisotopic (exact) mass is 278 g/mol. The number of aryl methyl sites for hydroxylation is 1. The first-order valence-corrected chi connectivity index (χ1v) is 7.13. The number of hydrogen-bond donors (Lipinski definition) is 0. The third kappa shape index (κ3) is 3.34. The van der Waals surface area contributed by atoms with Crippen LogP contribution in [0.25, 0.3) is 10.8 Å². The van der Waals surface area contributed by atoms with E-state index in [4.69, 9.17) is 9.47 Å². The maximum absolute atomic E-state index is 5.85. The van der Waals surface area contributed by atoms with Crippen molar-refractivity contribution in [1.29, 1.82) is 0 Å². The Morgan fingerprint density at radius 2 is 1.52 bits per heavy atom. The Bertz CT molecular complexity index is 729. The van der Waals surface area contributed by atoms with Gasteiger partial charge in [-0.3, -0.25) is 0 Å². The quantitative estimate of drug-likeness (QED) is 0.635. The van der Waals surface area contributed by atoms with Crippen LogP contribution in [-0.2, 0) is 0 Å². The second-order valence-electron chi connectivity index (χ2n) is 4.99. The molecule has 0 aliphatic heterocycles. The molecule has 0 saturated carbocycles. The third-order valence-corrected chi connectivity index (χ3v) is 3.35. The lowest BCUT2D eigenvalue weighted by atomic mass is 10.1. The average Bonchev–Trinajstić information content (AvgIpc) is 2.52. The highest BCUT2D eigenvalue weighted by molar-refractivity contribution is 5.88. The van der Waals surface area contributed by atoms with Crippen molar-refractivity contribution in [2.24, 2.45) is 0 Å². The molecule has 3 aromatic carbocycles. The van der Waals surface area contributed by atoms with E-state index in [0.717, 1.165) is 16.9 Å². The zero-order valence-electron chi connectivity index (χ0n) is 12.1. The summed E-state index contributed by atoms with van der Waals surface area (Å²) in [4.78, 5) is 0. The molecule has 0 aliphatic carbocycles. The highest BCUT2D eigenvalue weighted by Gasteiger charge is 2.01. The normalized spacial score (nSPS) is 10.5. The van der Waals surface area contributed by atoms with Gasteiger partial charge in [-0.25, -0.2) is 0 Å². The van der Waals surface area contributed by atoms with Crippen molar-refractivity contribution in [1.82, 2.24) is 0 Å². The van der Waals surface area contributed by atoms with E-state index >= 15 is 0 Å². The lowest BCUT2D eigenvalue weighted by Crippen LogP contribution is -2.09. The number of hydrogen-bond acceptors (Lipinski definition) is 2. The minimum Gasteiger partial charge on any atom is -0.490 e. The van der Waals surface area contributed by atoms with Crippen molar-refractivity contribution in [3.8, 4) is 11.5 Å². The highest BCUT2D eigenvalue weighted by Crippen LogP contribution is 2.25. The lowest BCUT2D eigenvalue weighted by Gasteiger charge is -2.10. The van der Waals surface area contributed by atoms with Gasteiger partial charge in [0.2, 0.25) is 0 Å².